The molecule has 1 heterocycles. The topological polar surface area (TPSA) is 95.6 Å². The molecule has 198 valence electrons. The third kappa shape index (κ3) is 5.61. The lowest BCUT2D eigenvalue weighted by Gasteiger charge is -2.16. The molecular formula is C34H23N3O4. The number of hydrogen-bond donors (Lipinski definition) is 2. The van der Waals surface area contributed by atoms with E-state index in [0.717, 1.165) is 21.6 Å². The number of nitrogens with one attached hydrogen (secondary N) is 2. The van der Waals surface area contributed by atoms with Crippen LogP contribution in [0.4, 0.5) is 5.69 Å². The van der Waals surface area contributed by atoms with Crippen LogP contribution in [-0.2, 0) is 0 Å². The SMILES string of the molecule is CNC(=O)c1cc(C(=O)NC)cc(N2C(=O)c3ccc(C#Cc4ccc(C#Cc5ccccc5)cc4)cc3C2=O)c1. The van der Waals surface area contributed by atoms with Crippen LogP contribution in [0.5, 0.6) is 0 Å². The number of carbonyl (C=O) groups excluding carboxylic acids is 4. The van der Waals surface area contributed by atoms with Crippen molar-refractivity contribution in [3.05, 3.63) is 136 Å². The lowest BCUT2D eigenvalue weighted by Crippen LogP contribution is -2.30. The summed E-state index contributed by atoms with van der Waals surface area (Å²) in [6, 6.07) is 26.3. The fraction of sp³-hybridized carbons (Fsp3) is 0.0588. The van der Waals surface area contributed by atoms with Gasteiger partial charge in [-0.2, -0.15) is 0 Å². The largest absolute Gasteiger partial charge is 0.355 e. The molecule has 5 rings (SSSR count). The highest BCUT2D eigenvalue weighted by atomic mass is 16.2. The summed E-state index contributed by atoms with van der Waals surface area (Å²) >= 11 is 0. The van der Waals surface area contributed by atoms with E-state index in [9.17, 15) is 19.2 Å². The van der Waals surface area contributed by atoms with Gasteiger partial charge in [-0.15, -0.1) is 0 Å². The van der Waals surface area contributed by atoms with Gasteiger partial charge >= 0.3 is 0 Å². The Hall–Kier alpha value is -5.92. The maximum atomic E-state index is 13.4. The number of hydrogen-bond acceptors (Lipinski definition) is 4. The number of benzene rings is 4. The maximum Gasteiger partial charge on any atom is 0.266 e. The van der Waals surface area contributed by atoms with Crippen LogP contribution in [0.15, 0.2) is 91.0 Å². The Morgan fingerprint density at radius 1 is 0.561 bits per heavy atom. The molecule has 4 aromatic carbocycles. The molecule has 1 aliphatic rings. The summed E-state index contributed by atoms with van der Waals surface area (Å²) in [5.41, 5.74) is 3.95. The van der Waals surface area contributed by atoms with E-state index in [-0.39, 0.29) is 27.9 Å². The van der Waals surface area contributed by atoms with E-state index in [4.69, 9.17) is 0 Å². The first-order valence-electron chi connectivity index (χ1n) is 12.7. The van der Waals surface area contributed by atoms with Gasteiger partial charge in [-0.1, -0.05) is 41.9 Å². The van der Waals surface area contributed by atoms with Gasteiger partial charge in [0.15, 0.2) is 0 Å². The number of amides is 4. The Morgan fingerprint density at radius 2 is 1.02 bits per heavy atom. The van der Waals surface area contributed by atoms with Crippen molar-refractivity contribution in [2.24, 2.45) is 0 Å². The van der Waals surface area contributed by atoms with Gasteiger partial charge in [0.2, 0.25) is 0 Å². The van der Waals surface area contributed by atoms with Gasteiger partial charge < -0.3 is 10.6 Å². The normalized spacial score (nSPS) is 11.5. The fourth-order valence-corrected chi connectivity index (χ4v) is 4.29. The zero-order valence-corrected chi connectivity index (χ0v) is 22.2. The van der Waals surface area contributed by atoms with Crippen molar-refractivity contribution in [2.45, 2.75) is 0 Å². The van der Waals surface area contributed by atoms with Crippen molar-refractivity contribution in [1.82, 2.24) is 10.6 Å². The monoisotopic (exact) mass is 537 g/mol. The van der Waals surface area contributed by atoms with Crippen LogP contribution in [0.1, 0.15) is 63.7 Å². The molecule has 0 fully saturated rings. The van der Waals surface area contributed by atoms with Crippen molar-refractivity contribution in [3.8, 4) is 23.7 Å². The zero-order valence-electron chi connectivity index (χ0n) is 22.2. The Morgan fingerprint density at radius 3 is 1.56 bits per heavy atom. The molecule has 0 atom stereocenters. The molecule has 0 aromatic heterocycles. The van der Waals surface area contributed by atoms with E-state index in [0.29, 0.717) is 5.56 Å². The predicted octanol–water partition coefficient (Wildman–Crippen LogP) is 4.01. The molecule has 0 saturated carbocycles. The maximum absolute atomic E-state index is 13.4. The van der Waals surface area contributed by atoms with Crippen molar-refractivity contribution in [3.63, 3.8) is 0 Å². The van der Waals surface area contributed by atoms with E-state index < -0.39 is 23.6 Å². The van der Waals surface area contributed by atoms with Gasteiger partial charge in [0.1, 0.15) is 0 Å². The van der Waals surface area contributed by atoms with Crippen molar-refractivity contribution < 1.29 is 19.2 Å². The summed E-state index contributed by atoms with van der Waals surface area (Å²) in [6.45, 7) is 0. The number of nitrogens with zero attached hydrogens (tertiary/aromatic N) is 1. The van der Waals surface area contributed by atoms with Gasteiger partial charge in [-0.25, -0.2) is 4.90 Å². The summed E-state index contributed by atoms with van der Waals surface area (Å²) in [6.07, 6.45) is 0. The summed E-state index contributed by atoms with van der Waals surface area (Å²) in [5, 5.41) is 4.99. The second-order valence-corrected chi connectivity index (χ2v) is 9.08. The third-order valence-corrected chi connectivity index (χ3v) is 6.40. The fourth-order valence-electron chi connectivity index (χ4n) is 4.29. The lowest BCUT2D eigenvalue weighted by atomic mass is 10.1. The predicted molar refractivity (Wildman–Crippen MR) is 156 cm³/mol. The van der Waals surface area contributed by atoms with E-state index in [2.05, 4.69) is 34.3 Å². The van der Waals surface area contributed by atoms with Crippen molar-refractivity contribution >= 4 is 29.3 Å². The smallest absolute Gasteiger partial charge is 0.266 e. The van der Waals surface area contributed by atoms with Crippen LogP contribution in [0, 0.1) is 23.7 Å². The van der Waals surface area contributed by atoms with Gasteiger partial charge in [-0.05, 0) is 72.8 Å². The summed E-state index contributed by atoms with van der Waals surface area (Å²) in [4.78, 5) is 52.2. The van der Waals surface area contributed by atoms with E-state index in [1.165, 1.54) is 32.3 Å². The molecule has 4 aromatic rings. The minimum absolute atomic E-state index is 0.124. The molecule has 0 radical (unpaired) electrons. The highest BCUT2D eigenvalue weighted by molar-refractivity contribution is 6.34. The Balaban J connectivity index is 1.39. The average molecular weight is 538 g/mol. The number of fused-ring (bicyclic) bond motifs is 1. The first kappa shape index (κ1) is 26.7. The first-order chi connectivity index (χ1) is 19.9. The van der Waals surface area contributed by atoms with E-state index in [1.807, 2.05) is 54.6 Å². The molecule has 0 unspecified atom stereocenters. The quantitative estimate of drug-likeness (QED) is 0.305. The Bertz CT molecular complexity index is 1800. The molecule has 1 aliphatic heterocycles. The highest BCUT2D eigenvalue weighted by Crippen LogP contribution is 2.30. The average Bonchev–Trinajstić information content (AvgIpc) is 3.27. The Labute approximate surface area is 237 Å². The summed E-state index contributed by atoms with van der Waals surface area (Å²) < 4.78 is 0. The van der Waals surface area contributed by atoms with Gasteiger partial charge in [-0.3, -0.25) is 19.2 Å². The third-order valence-electron chi connectivity index (χ3n) is 6.40. The second kappa shape index (κ2) is 11.4. The second-order valence-electron chi connectivity index (χ2n) is 9.08. The van der Waals surface area contributed by atoms with Crippen molar-refractivity contribution in [1.29, 1.82) is 0 Å². The van der Waals surface area contributed by atoms with Crippen LogP contribution >= 0.6 is 0 Å². The molecule has 7 heteroatoms. The molecule has 0 aliphatic carbocycles. The van der Waals surface area contributed by atoms with E-state index in [1.54, 1.807) is 18.2 Å². The molecular weight excluding hydrogens is 514 g/mol. The molecule has 2 N–H and O–H groups in total. The standard InChI is InChI=1S/C34H23N3O4/c1-35-31(38)26-19-27(32(39)36-2)21-28(20-26)37-33(40)29-17-16-25(18-30(29)34(37)41)15-14-24-12-10-23(11-13-24)9-8-22-6-4-3-5-7-22/h3-7,10-13,16-21H,1-2H3,(H,35,38)(H,36,39). The van der Waals surface area contributed by atoms with Gasteiger partial charge in [0, 0.05) is 47.5 Å². The highest BCUT2D eigenvalue weighted by Gasteiger charge is 2.37. The number of imide groups is 1. The molecule has 0 spiro atoms. The molecule has 4 amide bonds. The lowest BCUT2D eigenvalue weighted by molar-refractivity contribution is 0.0916. The van der Waals surface area contributed by atoms with E-state index >= 15 is 0 Å². The zero-order chi connectivity index (χ0) is 28.9. The minimum Gasteiger partial charge on any atom is -0.355 e. The van der Waals surface area contributed by atoms with Gasteiger partial charge in [0.25, 0.3) is 23.6 Å². The number of carbonyl (C=O) groups is 4. The molecule has 7 nitrogen and oxygen atoms in total. The molecule has 0 bridgehead atoms. The first-order valence-corrected chi connectivity index (χ1v) is 12.7. The summed E-state index contributed by atoms with van der Waals surface area (Å²) in [5.74, 6) is 10.3. The van der Waals surface area contributed by atoms with Gasteiger partial charge in [0.05, 0.1) is 16.8 Å². The minimum atomic E-state index is -0.563. The van der Waals surface area contributed by atoms with Crippen LogP contribution in [0.25, 0.3) is 0 Å². The number of anilines is 1. The van der Waals surface area contributed by atoms with Crippen LogP contribution < -0.4 is 15.5 Å². The van der Waals surface area contributed by atoms with Crippen LogP contribution in [0.2, 0.25) is 0 Å². The Kier molecular flexibility index (Phi) is 7.45. The summed E-state index contributed by atoms with van der Waals surface area (Å²) in [7, 11) is 2.90. The molecule has 41 heavy (non-hydrogen) atoms. The number of rotatable bonds is 3. The van der Waals surface area contributed by atoms with Crippen molar-refractivity contribution in [2.75, 3.05) is 19.0 Å². The van der Waals surface area contributed by atoms with Crippen LogP contribution in [0.3, 0.4) is 0 Å². The van der Waals surface area contributed by atoms with Crippen LogP contribution in [-0.4, -0.2) is 37.7 Å². The molecule has 0 saturated heterocycles.